The van der Waals surface area contributed by atoms with E-state index in [2.05, 4.69) is 5.32 Å². The molecule has 5 nitrogen and oxygen atoms in total. The Morgan fingerprint density at radius 3 is 2.31 bits per heavy atom. The van der Waals surface area contributed by atoms with Gasteiger partial charge in [0, 0.05) is 13.1 Å². The zero-order chi connectivity index (χ0) is 12.0. The van der Waals surface area contributed by atoms with Gasteiger partial charge in [0.25, 0.3) is 0 Å². The zero-order valence-corrected chi connectivity index (χ0v) is 9.85. The molecule has 1 saturated heterocycles. The fourth-order valence-electron chi connectivity index (χ4n) is 1.98. The molecule has 1 rings (SSSR count). The van der Waals surface area contributed by atoms with Crippen molar-refractivity contribution in [1.29, 1.82) is 0 Å². The highest BCUT2D eigenvalue weighted by molar-refractivity contribution is 5.81. The summed E-state index contributed by atoms with van der Waals surface area (Å²) in [6, 6.07) is -0.758. The van der Waals surface area contributed by atoms with Crippen LogP contribution in [0.3, 0.4) is 0 Å². The van der Waals surface area contributed by atoms with Crippen molar-refractivity contribution in [2.24, 2.45) is 0 Å². The average molecular weight is 230 g/mol. The van der Waals surface area contributed by atoms with Crippen molar-refractivity contribution in [3.05, 3.63) is 0 Å². The van der Waals surface area contributed by atoms with Crippen molar-refractivity contribution in [3.8, 4) is 0 Å². The molecule has 0 aromatic heterocycles. The number of nitrogens with zero attached hydrogens (tertiary/aromatic N) is 1. The number of carbonyl (C=O) groups is 1. The predicted octanol–water partition coefficient (Wildman–Crippen LogP) is -0.670. The van der Waals surface area contributed by atoms with E-state index in [9.17, 15) is 4.79 Å². The molecule has 0 saturated carbocycles. The summed E-state index contributed by atoms with van der Waals surface area (Å²) in [6.45, 7) is 3.11. The summed E-state index contributed by atoms with van der Waals surface area (Å²) in [6.07, 6.45) is 3.34. The van der Waals surface area contributed by atoms with Gasteiger partial charge in [-0.2, -0.15) is 0 Å². The lowest BCUT2D eigenvalue weighted by Crippen LogP contribution is -2.51. The minimum atomic E-state index is -0.413. The summed E-state index contributed by atoms with van der Waals surface area (Å²) in [5.41, 5.74) is 0. The smallest absolute Gasteiger partial charge is 0.239 e. The molecule has 0 aromatic carbocycles. The number of hydrogen-bond donors (Lipinski definition) is 3. The largest absolute Gasteiger partial charge is 0.395 e. The number of piperidine rings is 1. The van der Waals surface area contributed by atoms with Crippen LogP contribution in [0.2, 0.25) is 0 Å². The van der Waals surface area contributed by atoms with Crippen LogP contribution in [0, 0.1) is 0 Å². The first-order valence-electron chi connectivity index (χ1n) is 5.95. The minimum Gasteiger partial charge on any atom is -0.395 e. The average Bonchev–Trinajstić information content (AvgIpc) is 2.35. The lowest BCUT2D eigenvalue weighted by Gasteiger charge is -2.30. The normalized spacial score (nSPS) is 18.9. The Kier molecular flexibility index (Phi) is 5.73. The van der Waals surface area contributed by atoms with E-state index in [1.165, 1.54) is 6.42 Å². The van der Waals surface area contributed by atoms with Crippen molar-refractivity contribution in [1.82, 2.24) is 10.2 Å². The van der Waals surface area contributed by atoms with Gasteiger partial charge in [-0.05, 0) is 26.2 Å². The van der Waals surface area contributed by atoms with Crippen molar-refractivity contribution < 1.29 is 15.0 Å². The first-order chi connectivity index (χ1) is 7.69. The van der Waals surface area contributed by atoms with Crippen LogP contribution >= 0.6 is 0 Å². The molecule has 1 aliphatic heterocycles. The Hall–Kier alpha value is -0.650. The minimum absolute atomic E-state index is 0.0617. The van der Waals surface area contributed by atoms with Gasteiger partial charge in [0.05, 0.1) is 25.3 Å². The number of hydrogen-bond acceptors (Lipinski definition) is 4. The van der Waals surface area contributed by atoms with Crippen molar-refractivity contribution in [2.45, 2.75) is 38.3 Å². The molecule has 5 heteroatoms. The molecule has 1 fully saturated rings. The van der Waals surface area contributed by atoms with E-state index in [0.29, 0.717) is 0 Å². The van der Waals surface area contributed by atoms with Crippen molar-refractivity contribution >= 4 is 5.91 Å². The predicted molar refractivity (Wildman–Crippen MR) is 61.0 cm³/mol. The number of likely N-dealkylation sites (tertiary alicyclic amines) is 1. The molecule has 1 unspecified atom stereocenters. The van der Waals surface area contributed by atoms with Crippen molar-refractivity contribution in [2.75, 3.05) is 26.3 Å². The summed E-state index contributed by atoms with van der Waals surface area (Å²) in [5.74, 6) is 0.0617. The summed E-state index contributed by atoms with van der Waals surface area (Å²) in [7, 11) is 0. The molecule has 0 spiro atoms. The maximum Gasteiger partial charge on any atom is 0.239 e. The molecular formula is C11H22N2O3. The van der Waals surface area contributed by atoms with Gasteiger partial charge in [-0.3, -0.25) is 10.1 Å². The molecule has 0 radical (unpaired) electrons. The monoisotopic (exact) mass is 230 g/mol. The highest BCUT2D eigenvalue weighted by Crippen LogP contribution is 2.10. The zero-order valence-electron chi connectivity index (χ0n) is 9.85. The molecule has 1 amide bonds. The van der Waals surface area contributed by atoms with E-state index in [1.807, 2.05) is 4.90 Å². The number of aliphatic hydroxyl groups excluding tert-OH is 2. The highest BCUT2D eigenvalue weighted by atomic mass is 16.3. The summed E-state index contributed by atoms with van der Waals surface area (Å²) < 4.78 is 0. The van der Waals surface area contributed by atoms with Gasteiger partial charge in [0.15, 0.2) is 0 Å². The van der Waals surface area contributed by atoms with Gasteiger partial charge in [-0.15, -0.1) is 0 Å². The molecule has 16 heavy (non-hydrogen) atoms. The SMILES string of the molecule is CC(NC(CO)CO)C(=O)N1CCCCC1. The first-order valence-corrected chi connectivity index (χ1v) is 5.95. The molecule has 94 valence electrons. The second-order valence-electron chi connectivity index (χ2n) is 4.34. The number of amides is 1. The second-order valence-corrected chi connectivity index (χ2v) is 4.34. The van der Waals surface area contributed by atoms with Crippen LogP contribution in [0.25, 0.3) is 0 Å². The summed E-state index contributed by atoms with van der Waals surface area (Å²) >= 11 is 0. The third-order valence-corrected chi connectivity index (χ3v) is 2.96. The highest BCUT2D eigenvalue weighted by Gasteiger charge is 2.23. The maximum absolute atomic E-state index is 12.0. The topological polar surface area (TPSA) is 72.8 Å². The van der Waals surface area contributed by atoms with Crippen LogP contribution in [0.4, 0.5) is 0 Å². The maximum atomic E-state index is 12.0. The third kappa shape index (κ3) is 3.73. The van der Waals surface area contributed by atoms with Gasteiger partial charge in [-0.1, -0.05) is 0 Å². The second kappa shape index (κ2) is 6.83. The molecule has 0 aliphatic carbocycles. The Morgan fingerprint density at radius 1 is 1.25 bits per heavy atom. The van der Waals surface area contributed by atoms with Crippen LogP contribution in [0.1, 0.15) is 26.2 Å². The van der Waals surface area contributed by atoms with E-state index in [4.69, 9.17) is 10.2 Å². The number of rotatable bonds is 5. The summed E-state index contributed by atoms with van der Waals surface area (Å²) in [4.78, 5) is 13.8. The van der Waals surface area contributed by atoms with Crippen LogP contribution in [-0.4, -0.2) is 59.4 Å². The first kappa shape index (κ1) is 13.4. The van der Waals surface area contributed by atoms with E-state index in [1.54, 1.807) is 6.92 Å². The van der Waals surface area contributed by atoms with Crippen LogP contribution in [-0.2, 0) is 4.79 Å². The van der Waals surface area contributed by atoms with Crippen LogP contribution in [0.5, 0.6) is 0 Å². The van der Waals surface area contributed by atoms with E-state index >= 15 is 0 Å². The standard InChI is InChI=1S/C11H22N2O3/c1-9(12-10(7-14)8-15)11(16)13-5-3-2-4-6-13/h9-10,12,14-15H,2-8H2,1H3. The van der Waals surface area contributed by atoms with E-state index in [0.717, 1.165) is 25.9 Å². The Labute approximate surface area is 96.4 Å². The van der Waals surface area contributed by atoms with E-state index in [-0.39, 0.29) is 25.2 Å². The van der Waals surface area contributed by atoms with Crippen molar-refractivity contribution in [3.63, 3.8) is 0 Å². The Morgan fingerprint density at radius 2 is 1.81 bits per heavy atom. The quantitative estimate of drug-likeness (QED) is 0.586. The number of nitrogens with one attached hydrogen (secondary N) is 1. The van der Waals surface area contributed by atoms with Gasteiger partial charge < -0.3 is 15.1 Å². The number of carbonyl (C=O) groups excluding carboxylic acids is 1. The van der Waals surface area contributed by atoms with Gasteiger partial charge in [0.2, 0.25) is 5.91 Å². The molecule has 0 bridgehead atoms. The molecular weight excluding hydrogens is 208 g/mol. The molecule has 1 atom stereocenters. The van der Waals surface area contributed by atoms with Crippen LogP contribution < -0.4 is 5.32 Å². The molecule has 3 N–H and O–H groups in total. The molecule has 1 aliphatic rings. The van der Waals surface area contributed by atoms with Gasteiger partial charge in [0.1, 0.15) is 0 Å². The van der Waals surface area contributed by atoms with E-state index < -0.39 is 6.04 Å². The Bertz CT molecular complexity index is 213. The van der Waals surface area contributed by atoms with Gasteiger partial charge >= 0.3 is 0 Å². The van der Waals surface area contributed by atoms with Crippen LogP contribution in [0.15, 0.2) is 0 Å². The fraction of sp³-hybridized carbons (Fsp3) is 0.909. The lowest BCUT2D eigenvalue weighted by atomic mass is 10.1. The molecule has 0 aromatic rings. The number of aliphatic hydroxyl groups is 2. The third-order valence-electron chi connectivity index (χ3n) is 2.96. The Balaban J connectivity index is 2.39. The van der Waals surface area contributed by atoms with Gasteiger partial charge in [-0.25, -0.2) is 0 Å². The fourth-order valence-corrected chi connectivity index (χ4v) is 1.98. The summed E-state index contributed by atoms with van der Waals surface area (Å²) in [5, 5.41) is 20.8. The molecule has 1 heterocycles. The lowest BCUT2D eigenvalue weighted by molar-refractivity contribution is -0.134.